The number of ether oxygens (including phenoxy) is 2. The van der Waals surface area contributed by atoms with Crippen molar-refractivity contribution < 1.29 is 9.47 Å². The lowest BCUT2D eigenvalue weighted by molar-refractivity contribution is -0.0351. The summed E-state index contributed by atoms with van der Waals surface area (Å²) in [5.74, 6) is 1.25. The maximum absolute atomic E-state index is 6.09. The monoisotopic (exact) mass is 417 g/mol. The minimum Gasteiger partial charge on any atom is -0.496 e. The van der Waals surface area contributed by atoms with Crippen molar-refractivity contribution in [3.8, 4) is 17.0 Å². The third-order valence-corrected chi connectivity index (χ3v) is 6.11. The predicted octanol–water partition coefficient (Wildman–Crippen LogP) is 3.19. The van der Waals surface area contributed by atoms with Crippen molar-refractivity contribution in [2.45, 2.75) is 31.9 Å². The number of aryl methyl sites for hydroxylation is 2. The molecule has 0 saturated carbocycles. The van der Waals surface area contributed by atoms with Crippen molar-refractivity contribution in [1.82, 2.24) is 19.9 Å². The zero-order valence-electron chi connectivity index (χ0n) is 17.8. The Balaban J connectivity index is 1.33. The van der Waals surface area contributed by atoms with Crippen molar-refractivity contribution in [3.05, 3.63) is 65.1 Å². The number of pyridine rings is 1. The van der Waals surface area contributed by atoms with Crippen LogP contribution in [0.4, 0.5) is 5.95 Å². The van der Waals surface area contributed by atoms with E-state index in [0.29, 0.717) is 6.61 Å². The first-order chi connectivity index (χ1) is 15.2. The molecule has 2 aromatic heterocycles. The van der Waals surface area contributed by atoms with E-state index in [1.165, 1.54) is 29.5 Å². The number of anilines is 1. The second-order valence-electron chi connectivity index (χ2n) is 8.16. The first kappa shape index (κ1) is 19.9. The Morgan fingerprint density at radius 2 is 1.97 bits per heavy atom. The first-order valence-corrected chi connectivity index (χ1v) is 10.8. The standard InChI is InChI=1S/C24H27N5O2/c1-30-22-11-17-5-2-4-16(17)10-18(22)14-29-8-9-31-23(15-29)21-7-3-6-20(28-21)19-12-26-24(25)27-13-19/h3,6-7,10-13,23H,2,4-5,8-9,14-15H2,1H3,(H2,25,26,27)/t23-/m1/s1. The van der Waals surface area contributed by atoms with E-state index >= 15 is 0 Å². The van der Waals surface area contributed by atoms with E-state index in [4.69, 9.17) is 20.2 Å². The molecule has 2 N–H and O–H groups in total. The summed E-state index contributed by atoms with van der Waals surface area (Å²) in [6, 6.07) is 10.5. The van der Waals surface area contributed by atoms with Crippen LogP contribution in [0.3, 0.4) is 0 Å². The van der Waals surface area contributed by atoms with E-state index in [0.717, 1.165) is 48.8 Å². The molecule has 0 bridgehead atoms. The van der Waals surface area contributed by atoms with E-state index in [2.05, 4.69) is 27.0 Å². The van der Waals surface area contributed by atoms with Gasteiger partial charge in [0.15, 0.2) is 0 Å². The molecular weight excluding hydrogens is 390 g/mol. The number of nitrogens with zero attached hydrogens (tertiary/aromatic N) is 4. The molecule has 0 radical (unpaired) electrons. The molecule has 1 aromatic carbocycles. The molecule has 0 spiro atoms. The molecule has 7 heteroatoms. The molecular formula is C24H27N5O2. The fourth-order valence-corrected chi connectivity index (χ4v) is 4.49. The topological polar surface area (TPSA) is 86.4 Å². The highest BCUT2D eigenvalue weighted by Crippen LogP contribution is 2.32. The molecule has 0 amide bonds. The van der Waals surface area contributed by atoms with Crippen LogP contribution < -0.4 is 10.5 Å². The lowest BCUT2D eigenvalue weighted by atomic mass is 10.0. The van der Waals surface area contributed by atoms with E-state index < -0.39 is 0 Å². The van der Waals surface area contributed by atoms with Crippen molar-refractivity contribution in [1.29, 1.82) is 0 Å². The molecule has 3 aromatic rings. The molecule has 7 nitrogen and oxygen atoms in total. The van der Waals surface area contributed by atoms with E-state index in [9.17, 15) is 0 Å². The maximum atomic E-state index is 6.09. The van der Waals surface area contributed by atoms with Crippen molar-refractivity contribution in [3.63, 3.8) is 0 Å². The SMILES string of the molecule is COc1cc2c(cc1CN1CCO[C@@H](c3cccc(-c4cnc(N)nc4)n3)C1)CCC2. The van der Waals surface area contributed by atoms with Gasteiger partial charge in [-0.15, -0.1) is 0 Å². The number of benzene rings is 1. The van der Waals surface area contributed by atoms with Crippen molar-refractivity contribution in [2.24, 2.45) is 0 Å². The Morgan fingerprint density at radius 3 is 2.77 bits per heavy atom. The number of rotatable bonds is 5. The van der Waals surface area contributed by atoms with Gasteiger partial charge in [-0.25, -0.2) is 15.0 Å². The molecule has 0 unspecified atom stereocenters. The van der Waals surface area contributed by atoms with Crippen LogP contribution in [0, 0.1) is 0 Å². The fourth-order valence-electron chi connectivity index (χ4n) is 4.49. The summed E-state index contributed by atoms with van der Waals surface area (Å²) >= 11 is 0. The van der Waals surface area contributed by atoms with Crippen LogP contribution >= 0.6 is 0 Å². The highest BCUT2D eigenvalue weighted by atomic mass is 16.5. The number of fused-ring (bicyclic) bond motifs is 1. The Hall–Kier alpha value is -3.03. The Morgan fingerprint density at radius 1 is 1.16 bits per heavy atom. The molecule has 1 fully saturated rings. The Kier molecular flexibility index (Phi) is 5.53. The van der Waals surface area contributed by atoms with Crippen LogP contribution in [0.25, 0.3) is 11.3 Å². The van der Waals surface area contributed by atoms with Gasteiger partial charge in [-0.1, -0.05) is 12.1 Å². The van der Waals surface area contributed by atoms with Crippen molar-refractivity contribution in [2.75, 3.05) is 32.5 Å². The van der Waals surface area contributed by atoms with Gasteiger partial charge in [-0.3, -0.25) is 4.90 Å². The van der Waals surface area contributed by atoms with Gasteiger partial charge in [-0.05, 0) is 48.6 Å². The summed E-state index contributed by atoms with van der Waals surface area (Å²) < 4.78 is 11.8. The van der Waals surface area contributed by atoms with Gasteiger partial charge < -0.3 is 15.2 Å². The van der Waals surface area contributed by atoms with E-state index in [1.807, 2.05) is 18.2 Å². The first-order valence-electron chi connectivity index (χ1n) is 10.8. The van der Waals surface area contributed by atoms with Crippen LogP contribution in [-0.2, 0) is 24.1 Å². The smallest absolute Gasteiger partial charge is 0.219 e. The summed E-state index contributed by atoms with van der Waals surface area (Å²) in [6.45, 7) is 3.20. The van der Waals surface area contributed by atoms with Gasteiger partial charge in [0.25, 0.3) is 0 Å². The third-order valence-electron chi connectivity index (χ3n) is 6.11. The molecule has 2 aliphatic rings. The van der Waals surface area contributed by atoms with Gasteiger partial charge in [0.05, 0.1) is 25.1 Å². The number of morpholine rings is 1. The second kappa shape index (κ2) is 8.61. The number of nitrogen functional groups attached to an aromatic ring is 1. The van der Waals surface area contributed by atoms with Gasteiger partial charge in [0.2, 0.25) is 5.95 Å². The quantitative estimate of drug-likeness (QED) is 0.682. The number of hydrogen-bond donors (Lipinski definition) is 1. The molecule has 31 heavy (non-hydrogen) atoms. The zero-order chi connectivity index (χ0) is 21.2. The summed E-state index contributed by atoms with van der Waals surface area (Å²) in [6.07, 6.45) is 6.88. The summed E-state index contributed by atoms with van der Waals surface area (Å²) in [4.78, 5) is 15.4. The molecule has 1 saturated heterocycles. The fraction of sp³-hybridized carbons (Fsp3) is 0.375. The molecule has 1 aliphatic carbocycles. The molecule has 5 rings (SSSR count). The predicted molar refractivity (Wildman–Crippen MR) is 119 cm³/mol. The zero-order valence-corrected chi connectivity index (χ0v) is 17.8. The summed E-state index contributed by atoms with van der Waals surface area (Å²) in [7, 11) is 1.76. The van der Waals surface area contributed by atoms with Crippen LogP contribution in [0.2, 0.25) is 0 Å². The van der Waals surface area contributed by atoms with E-state index in [-0.39, 0.29) is 12.1 Å². The highest BCUT2D eigenvalue weighted by molar-refractivity contribution is 5.57. The lowest BCUT2D eigenvalue weighted by Gasteiger charge is -2.33. The van der Waals surface area contributed by atoms with E-state index in [1.54, 1.807) is 19.5 Å². The van der Waals surface area contributed by atoms with Gasteiger partial charge >= 0.3 is 0 Å². The number of methoxy groups -OCH3 is 1. The van der Waals surface area contributed by atoms with Crippen LogP contribution in [0.15, 0.2) is 42.7 Å². The second-order valence-corrected chi connectivity index (χ2v) is 8.16. The van der Waals surface area contributed by atoms with Gasteiger partial charge in [0.1, 0.15) is 11.9 Å². The minimum absolute atomic E-state index is 0.0798. The lowest BCUT2D eigenvalue weighted by Crippen LogP contribution is -2.38. The molecule has 1 atom stereocenters. The summed E-state index contributed by atoms with van der Waals surface area (Å²) in [5, 5.41) is 0. The third kappa shape index (κ3) is 4.24. The highest BCUT2D eigenvalue weighted by Gasteiger charge is 2.25. The van der Waals surface area contributed by atoms with Crippen LogP contribution in [0.5, 0.6) is 5.75 Å². The van der Waals surface area contributed by atoms with Crippen LogP contribution in [-0.4, -0.2) is 46.7 Å². The number of aromatic nitrogens is 3. The van der Waals surface area contributed by atoms with Crippen LogP contribution in [0.1, 0.15) is 34.9 Å². The Bertz CT molecular complexity index is 1070. The average Bonchev–Trinajstić information content (AvgIpc) is 3.26. The number of hydrogen-bond acceptors (Lipinski definition) is 7. The summed E-state index contributed by atoms with van der Waals surface area (Å²) in [5.41, 5.74) is 12.3. The van der Waals surface area contributed by atoms with Gasteiger partial charge in [-0.2, -0.15) is 0 Å². The Labute approximate surface area is 182 Å². The largest absolute Gasteiger partial charge is 0.496 e. The maximum Gasteiger partial charge on any atom is 0.219 e. The molecule has 160 valence electrons. The average molecular weight is 418 g/mol. The number of nitrogens with two attached hydrogens (primary N) is 1. The van der Waals surface area contributed by atoms with Gasteiger partial charge in [0, 0.05) is 43.2 Å². The minimum atomic E-state index is -0.0798. The molecule has 3 heterocycles. The van der Waals surface area contributed by atoms with Crippen molar-refractivity contribution >= 4 is 5.95 Å². The molecule has 1 aliphatic heterocycles. The normalized spacial score (nSPS) is 18.7.